The first-order chi connectivity index (χ1) is 19.3. The number of hydrogen-bond donors (Lipinski definition) is 0. The molecule has 2 aromatic rings. The van der Waals surface area contributed by atoms with E-state index in [2.05, 4.69) is 48.5 Å². The second-order valence-electron chi connectivity index (χ2n) is 12.9. The van der Waals surface area contributed by atoms with Crippen LogP contribution < -0.4 is 4.74 Å². The van der Waals surface area contributed by atoms with Crippen molar-refractivity contribution < 1.29 is 19.1 Å². The van der Waals surface area contributed by atoms with Crippen LogP contribution in [0.3, 0.4) is 0 Å². The third-order valence-electron chi connectivity index (χ3n) is 8.20. The lowest BCUT2D eigenvalue weighted by Crippen LogP contribution is -2.45. The second kappa shape index (κ2) is 11.5. The van der Waals surface area contributed by atoms with Crippen molar-refractivity contribution in [2.24, 2.45) is 10.8 Å². The Morgan fingerprint density at radius 3 is 2.05 bits per heavy atom. The number of benzene rings is 2. The van der Waals surface area contributed by atoms with Crippen molar-refractivity contribution in [2.75, 3.05) is 20.3 Å². The van der Waals surface area contributed by atoms with E-state index in [0.717, 1.165) is 39.8 Å². The van der Waals surface area contributed by atoms with Gasteiger partial charge in [-0.1, -0.05) is 72.9 Å². The van der Waals surface area contributed by atoms with E-state index < -0.39 is 5.92 Å². The minimum Gasteiger partial charge on any atom is -0.489 e. The Morgan fingerprint density at radius 2 is 1.49 bits per heavy atom. The van der Waals surface area contributed by atoms with Gasteiger partial charge in [-0.25, -0.2) is 0 Å². The van der Waals surface area contributed by atoms with Gasteiger partial charge in [0.25, 0.3) is 0 Å². The van der Waals surface area contributed by atoms with Crippen LogP contribution in [-0.4, -0.2) is 36.7 Å². The highest BCUT2D eigenvalue weighted by atomic mass is 79.9. The number of halogens is 3. The first kappa shape index (κ1) is 30.3. The zero-order valence-electron chi connectivity index (χ0n) is 24.2. The molecular weight excluding hydrogens is 625 g/mol. The smallest absolute Gasteiger partial charge is 0.162 e. The molecule has 0 radical (unpaired) electrons. The molecule has 3 aliphatic rings. The predicted molar refractivity (Wildman–Crippen MR) is 166 cm³/mol. The largest absolute Gasteiger partial charge is 0.489 e. The Morgan fingerprint density at radius 1 is 0.878 bits per heavy atom. The third kappa shape index (κ3) is 6.17. The second-order valence-corrected chi connectivity index (χ2v) is 14.6. The van der Waals surface area contributed by atoms with Gasteiger partial charge >= 0.3 is 0 Å². The topological polar surface area (TPSA) is 55.8 Å². The molecule has 41 heavy (non-hydrogen) atoms. The lowest BCUT2D eigenvalue weighted by atomic mass is 9.63. The molecule has 0 bridgehead atoms. The SMILES string of the molecule is COCCN1C2=C(C(=O)CC(C)(C)C2)C(c2cc(Br)ccc2OCc2ccc(Cl)c(Cl)c2)C2=C1CC(C)(C)CC2=O. The van der Waals surface area contributed by atoms with Crippen LogP contribution in [0.25, 0.3) is 0 Å². The van der Waals surface area contributed by atoms with Gasteiger partial charge in [0.2, 0.25) is 0 Å². The van der Waals surface area contributed by atoms with E-state index in [0.29, 0.717) is 52.9 Å². The van der Waals surface area contributed by atoms with Crippen LogP contribution in [0, 0.1) is 10.8 Å². The van der Waals surface area contributed by atoms with Crippen molar-refractivity contribution in [1.82, 2.24) is 4.90 Å². The molecular formula is C33H36BrCl2NO4. The number of methoxy groups -OCH3 is 1. The number of rotatable bonds is 7. The lowest BCUT2D eigenvalue weighted by Gasteiger charge is -2.49. The van der Waals surface area contributed by atoms with E-state index in [1.54, 1.807) is 19.2 Å². The monoisotopic (exact) mass is 659 g/mol. The number of ketones is 2. The molecule has 0 N–H and O–H groups in total. The first-order valence-electron chi connectivity index (χ1n) is 14.0. The summed E-state index contributed by atoms with van der Waals surface area (Å²) in [6.45, 7) is 9.92. The average molecular weight is 661 g/mol. The van der Waals surface area contributed by atoms with Crippen LogP contribution in [0.15, 0.2) is 63.4 Å². The molecule has 5 rings (SSSR count). The average Bonchev–Trinajstić information content (AvgIpc) is 2.87. The summed E-state index contributed by atoms with van der Waals surface area (Å²) in [6, 6.07) is 11.2. The number of hydrogen-bond acceptors (Lipinski definition) is 5. The van der Waals surface area contributed by atoms with E-state index in [9.17, 15) is 9.59 Å². The van der Waals surface area contributed by atoms with Crippen molar-refractivity contribution in [1.29, 1.82) is 0 Å². The van der Waals surface area contributed by atoms with Gasteiger partial charge in [-0.2, -0.15) is 0 Å². The quantitative estimate of drug-likeness (QED) is 0.297. The Kier molecular flexibility index (Phi) is 8.52. The highest BCUT2D eigenvalue weighted by Gasteiger charge is 2.49. The fourth-order valence-corrected chi connectivity index (χ4v) is 7.18. The first-order valence-corrected chi connectivity index (χ1v) is 15.5. The minimum absolute atomic E-state index is 0.0864. The van der Waals surface area contributed by atoms with Crippen LogP contribution in [-0.2, 0) is 20.9 Å². The van der Waals surface area contributed by atoms with Gasteiger partial charge in [0.15, 0.2) is 11.6 Å². The molecule has 0 unspecified atom stereocenters. The summed E-state index contributed by atoms with van der Waals surface area (Å²) in [5, 5.41) is 0.944. The summed E-state index contributed by atoms with van der Waals surface area (Å²) in [5.41, 5.74) is 4.74. The van der Waals surface area contributed by atoms with Gasteiger partial charge in [0.05, 0.1) is 16.7 Å². The molecule has 0 fully saturated rings. The number of nitrogens with zero attached hydrogens (tertiary/aromatic N) is 1. The standard InChI is InChI=1S/C33H36BrCl2NO4/c1-32(2)14-24-30(26(38)16-32)29(31-25(37(24)10-11-40-5)15-33(3,4)17-27(31)39)21-13-20(34)7-9-28(21)41-18-19-6-8-22(35)23(36)12-19/h6-9,12-13,29H,10-11,14-18H2,1-5H3. The van der Waals surface area contributed by atoms with E-state index in [4.69, 9.17) is 32.7 Å². The van der Waals surface area contributed by atoms with E-state index in [1.807, 2.05) is 24.3 Å². The van der Waals surface area contributed by atoms with Crippen molar-refractivity contribution in [3.8, 4) is 5.75 Å². The minimum atomic E-state index is -0.507. The molecule has 2 aliphatic carbocycles. The van der Waals surface area contributed by atoms with Crippen molar-refractivity contribution in [2.45, 2.75) is 65.9 Å². The summed E-state index contributed by atoms with van der Waals surface area (Å²) in [6.07, 6.45) is 2.34. The number of carbonyl (C=O) groups excluding carboxylic acids is 2. The Labute approximate surface area is 261 Å². The summed E-state index contributed by atoms with van der Waals surface area (Å²) >= 11 is 16.0. The molecule has 0 amide bonds. The van der Waals surface area contributed by atoms with E-state index in [-0.39, 0.29) is 29.0 Å². The molecule has 5 nitrogen and oxygen atoms in total. The summed E-state index contributed by atoms with van der Waals surface area (Å²) < 4.78 is 12.8. The van der Waals surface area contributed by atoms with Crippen LogP contribution in [0.4, 0.5) is 0 Å². The molecule has 0 spiro atoms. The van der Waals surface area contributed by atoms with Crippen LogP contribution in [0.2, 0.25) is 10.0 Å². The fourth-order valence-electron chi connectivity index (χ4n) is 6.48. The van der Waals surface area contributed by atoms with Gasteiger partial charge in [0, 0.05) is 65.0 Å². The molecule has 1 heterocycles. The summed E-state index contributed by atoms with van der Waals surface area (Å²) in [5.74, 6) is 0.294. The van der Waals surface area contributed by atoms with Crippen molar-refractivity contribution >= 4 is 50.7 Å². The highest BCUT2D eigenvalue weighted by Crippen LogP contribution is 2.55. The maximum Gasteiger partial charge on any atom is 0.162 e. The lowest BCUT2D eigenvalue weighted by molar-refractivity contribution is -0.119. The number of allylic oxidation sites excluding steroid dienone is 4. The van der Waals surface area contributed by atoms with Crippen LogP contribution in [0.1, 0.15) is 70.4 Å². The maximum absolute atomic E-state index is 14.1. The van der Waals surface area contributed by atoms with Crippen LogP contribution >= 0.6 is 39.1 Å². The molecule has 2 aromatic carbocycles. The molecule has 0 saturated heterocycles. The predicted octanol–water partition coefficient (Wildman–Crippen LogP) is 8.67. The highest BCUT2D eigenvalue weighted by molar-refractivity contribution is 9.10. The normalized spacial score (nSPS) is 20.3. The molecule has 1 aliphatic heterocycles. The van der Waals surface area contributed by atoms with Crippen molar-refractivity contribution in [3.63, 3.8) is 0 Å². The van der Waals surface area contributed by atoms with Gasteiger partial charge in [0.1, 0.15) is 12.4 Å². The molecule has 0 atom stereocenters. The Balaban J connectivity index is 1.69. The van der Waals surface area contributed by atoms with E-state index >= 15 is 0 Å². The maximum atomic E-state index is 14.1. The van der Waals surface area contributed by atoms with Crippen LogP contribution in [0.5, 0.6) is 5.75 Å². The van der Waals surface area contributed by atoms with Gasteiger partial charge in [-0.3, -0.25) is 9.59 Å². The van der Waals surface area contributed by atoms with Gasteiger partial charge in [-0.15, -0.1) is 0 Å². The zero-order chi connectivity index (χ0) is 29.7. The van der Waals surface area contributed by atoms with Gasteiger partial charge in [-0.05, 0) is 59.6 Å². The third-order valence-corrected chi connectivity index (χ3v) is 9.43. The molecule has 8 heteroatoms. The van der Waals surface area contributed by atoms with Crippen molar-refractivity contribution in [3.05, 3.63) is 84.6 Å². The summed E-state index contributed by atoms with van der Waals surface area (Å²) in [7, 11) is 1.68. The number of carbonyl (C=O) groups is 2. The Hall–Kier alpha value is -2.12. The Bertz CT molecular complexity index is 1420. The molecule has 0 saturated carbocycles. The molecule has 218 valence electrons. The molecule has 0 aromatic heterocycles. The summed E-state index contributed by atoms with van der Waals surface area (Å²) in [4.78, 5) is 30.4. The number of Topliss-reactive ketones (excluding diaryl/α,β-unsaturated/α-hetero) is 2. The fraction of sp³-hybridized carbons (Fsp3) is 0.455. The van der Waals surface area contributed by atoms with Gasteiger partial charge < -0.3 is 14.4 Å². The zero-order valence-corrected chi connectivity index (χ0v) is 27.3. The van der Waals surface area contributed by atoms with E-state index in [1.165, 1.54) is 0 Å². The number of ether oxygens (including phenoxy) is 2.